The van der Waals surface area contributed by atoms with E-state index in [1.165, 1.54) is 7.11 Å². The molecule has 2 atom stereocenters. The molecule has 0 saturated carbocycles. The van der Waals surface area contributed by atoms with Gasteiger partial charge >= 0.3 is 5.97 Å². The van der Waals surface area contributed by atoms with Gasteiger partial charge in [0.05, 0.1) is 20.1 Å². The summed E-state index contributed by atoms with van der Waals surface area (Å²) in [5.74, 6) is 0.109. The number of esters is 1. The summed E-state index contributed by atoms with van der Waals surface area (Å²) >= 11 is 0. The van der Waals surface area contributed by atoms with Crippen LogP contribution in [0.4, 0.5) is 0 Å². The van der Waals surface area contributed by atoms with Crippen molar-refractivity contribution < 1.29 is 23.8 Å². The van der Waals surface area contributed by atoms with Gasteiger partial charge in [-0.25, -0.2) is 0 Å². The Morgan fingerprint density at radius 2 is 1.71 bits per heavy atom. The summed E-state index contributed by atoms with van der Waals surface area (Å²) in [4.78, 5) is 24.4. The standard InChI is InChI=1S/C16H20O5/c1-9-13(21-15(18)16(2,3)14(9)17)10-6-7-11(19-4)12(8-10)20-5/h6-9,13H,1-5H3/t9-,13+/m0/s1. The lowest BCUT2D eigenvalue weighted by atomic mass is 9.76. The fourth-order valence-electron chi connectivity index (χ4n) is 2.56. The lowest BCUT2D eigenvalue weighted by Gasteiger charge is -2.36. The number of benzene rings is 1. The van der Waals surface area contributed by atoms with E-state index in [4.69, 9.17) is 14.2 Å². The highest BCUT2D eigenvalue weighted by Crippen LogP contribution is 2.41. The third-order valence-corrected chi connectivity index (χ3v) is 3.96. The normalized spacial score (nSPS) is 24.4. The van der Waals surface area contributed by atoms with E-state index in [9.17, 15) is 9.59 Å². The Kier molecular flexibility index (Phi) is 3.94. The molecule has 1 aromatic rings. The van der Waals surface area contributed by atoms with E-state index in [2.05, 4.69) is 0 Å². The molecule has 0 radical (unpaired) electrons. The Morgan fingerprint density at radius 1 is 1.10 bits per heavy atom. The minimum absolute atomic E-state index is 0.112. The van der Waals surface area contributed by atoms with Crippen LogP contribution in [0.2, 0.25) is 0 Å². The number of carbonyl (C=O) groups is 2. The number of cyclic esters (lactones) is 1. The third-order valence-electron chi connectivity index (χ3n) is 3.96. The molecule has 0 spiro atoms. The Morgan fingerprint density at radius 3 is 2.29 bits per heavy atom. The van der Waals surface area contributed by atoms with Crippen molar-refractivity contribution in [3.63, 3.8) is 0 Å². The van der Waals surface area contributed by atoms with Gasteiger partial charge in [0.1, 0.15) is 11.5 Å². The van der Waals surface area contributed by atoms with Crippen molar-refractivity contribution >= 4 is 11.8 Å². The minimum Gasteiger partial charge on any atom is -0.493 e. The van der Waals surface area contributed by atoms with Crippen LogP contribution in [0.5, 0.6) is 11.5 Å². The van der Waals surface area contributed by atoms with Crippen LogP contribution < -0.4 is 9.47 Å². The topological polar surface area (TPSA) is 61.8 Å². The summed E-state index contributed by atoms with van der Waals surface area (Å²) in [5.41, 5.74) is -0.371. The summed E-state index contributed by atoms with van der Waals surface area (Å²) < 4.78 is 15.9. The van der Waals surface area contributed by atoms with E-state index in [1.807, 2.05) is 0 Å². The minimum atomic E-state index is -1.09. The molecule has 5 nitrogen and oxygen atoms in total. The van der Waals surface area contributed by atoms with Crippen molar-refractivity contribution in [2.24, 2.45) is 11.3 Å². The van der Waals surface area contributed by atoms with Crippen LogP contribution in [0.3, 0.4) is 0 Å². The van der Waals surface area contributed by atoms with Crippen LogP contribution >= 0.6 is 0 Å². The van der Waals surface area contributed by atoms with Crippen molar-refractivity contribution in [3.8, 4) is 11.5 Å². The Hall–Kier alpha value is -2.04. The summed E-state index contributed by atoms with van der Waals surface area (Å²) in [5, 5.41) is 0. The highest BCUT2D eigenvalue weighted by Gasteiger charge is 2.49. The van der Waals surface area contributed by atoms with E-state index >= 15 is 0 Å². The molecule has 21 heavy (non-hydrogen) atoms. The number of hydrogen-bond acceptors (Lipinski definition) is 5. The van der Waals surface area contributed by atoms with Gasteiger partial charge < -0.3 is 14.2 Å². The van der Waals surface area contributed by atoms with Crippen LogP contribution in [0.1, 0.15) is 32.4 Å². The zero-order valence-corrected chi connectivity index (χ0v) is 12.9. The summed E-state index contributed by atoms with van der Waals surface area (Å²) in [7, 11) is 3.08. The Balaban J connectivity index is 2.38. The number of methoxy groups -OCH3 is 2. The largest absolute Gasteiger partial charge is 0.493 e. The average Bonchev–Trinajstić information content (AvgIpc) is 2.48. The number of Topliss-reactive ketones (excluding diaryl/α,β-unsaturated/α-hetero) is 1. The van der Waals surface area contributed by atoms with E-state index in [1.54, 1.807) is 46.1 Å². The average molecular weight is 292 g/mol. The molecule has 5 heteroatoms. The van der Waals surface area contributed by atoms with Crippen molar-refractivity contribution in [1.29, 1.82) is 0 Å². The maximum atomic E-state index is 12.4. The van der Waals surface area contributed by atoms with Gasteiger partial charge in [-0.15, -0.1) is 0 Å². The van der Waals surface area contributed by atoms with Crippen molar-refractivity contribution in [1.82, 2.24) is 0 Å². The monoisotopic (exact) mass is 292 g/mol. The molecule has 1 saturated heterocycles. The van der Waals surface area contributed by atoms with E-state index in [-0.39, 0.29) is 5.78 Å². The lowest BCUT2D eigenvalue weighted by Crippen LogP contribution is -2.46. The molecule has 0 aromatic heterocycles. The fourth-order valence-corrected chi connectivity index (χ4v) is 2.56. The van der Waals surface area contributed by atoms with E-state index in [0.29, 0.717) is 11.5 Å². The first-order valence-electron chi connectivity index (χ1n) is 6.80. The third kappa shape index (κ3) is 2.48. The van der Waals surface area contributed by atoms with Crippen molar-refractivity contribution in [2.45, 2.75) is 26.9 Å². The number of rotatable bonds is 3. The van der Waals surface area contributed by atoms with Crippen LogP contribution in [0.15, 0.2) is 18.2 Å². The van der Waals surface area contributed by atoms with E-state index in [0.717, 1.165) is 5.56 Å². The van der Waals surface area contributed by atoms with Gasteiger partial charge in [0.25, 0.3) is 0 Å². The molecule has 2 rings (SSSR count). The first kappa shape index (κ1) is 15.4. The molecule has 1 aliphatic rings. The SMILES string of the molecule is COc1ccc([C@@H]2OC(=O)C(C)(C)C(=O)[C@H]2C)cc1OC. The quantitative estimate of drug-likeness (QED) is 0.633. The predicted octanol–water partition coefficient (Wildman–Crippen LogP) is 2.53. The number of ketones is 1. The van der Waals surface area contributed by atoms with E-state index < -0.39 is 23.4 Å². The summed E-state index contributed by atoms with van der Waals surface area (Å²) in [6.07, 6.45) is -0.599. The van der Waals surface area contributed by atoms with Crippen molar-refractivity contribution in [2.75, 3.05) is 14.2 Å². The fraction of sp³-hybridized carbons (Fsp3) is 0.500. The van der Waals surface area contributed by atoms with Crippen LogP contribution in [0.25, 0.3) is 0 Å². The molecule has 0 bridgehead atoms. The van der Waals surface area contributed by atoms with Gasteiger partial charge in [0.2, 0.25) is 0 Å². The zero-order valence-electron chi connectivity index (χ0n) is 12.9. The molecule has 1 fully saturated rings. The number of hydrogen-bond donors (Lipinski definition) is 0. The van der Waals surface area contributed by atoms with Gasteiger partial charge in [0, 0.05) is 0 Å². The molecule has 114 valence electrons. The molecule has 1 aliphatic heterocycles. The van der Waals surface area contributed by atoms with Gasteiger partial charge in [-0.1, -0.05) is 13.0 Å². The molecule has 0 N–H and O–H groups in total. The van der Waals surface area contributed by atoms with Gasteiger partial charge in [0.15, 0.2) is 17.3 Å². The van der Waals surface area contributed by atoms with Crippen LogP contribution in [0, 0.1) is 11.3 Å². The molecular weight excluding hydrogens is 272 g/mol. The second kappa shape index (κ2) is 5.39. The maximum Gasteiger partial charge on any atom is 0.319 e. The molecule has 0 unspecified atom stereocenters. The van der Waals surface area contributed by atoms with Gasteiger partial charge in [-0.3, -0.25) is 9.59 Å². The molecule has 0 amide bonds. The predicted molar refractivity (Wildman–Crippen MR) is 76.3 cm³/mol. The Labute approximate surface area is 124 Å². The second-order valence-corrected chi connectivity index (χ2v) is 5.72. The molecular formula is C16H20O5. The van der Waals surface area contributed by atoms with Gasteiger partial charge in [-0.2, -0.15) is 0 Å². The van der Waals surface area contributed by atoms with Crippen molar-refractivity contribution in [3.05, 3.63) is 23.8 Å². The first-order chi connectivity index (χ1) is 9.82. The number of ether oxygens (including phenoxy) is 3. The Bertz CT molecular complexity index is 576. The molecule has 1 heterocycles. The highest BCUT2D eigenvalue weighted by atomic mass is 16.5. The highest BCUT2D eigenvalue weighted by molar-refractivity contribution is 6.06. The second-order valence-electron chi connectivity index (χ2n) is 5.72. The van der Waals surface area contributed by atoms with Crippen LogP contribution in [-0.4, -0.2) is 26.0 Å². The van der Waals surface area contributed by atoms with Crippen LogP contribution in [-0.2, 0) is 14.3 Å². The lowest BCUT2D eigenvalue weighted by molar-refractivity contribution is -0.178. The first-order valence-corrected chi connectivity index (χ1v) is 6.80. The van der Waals surface area contributed by atoms with Gasteiger partial charge in [-0.05, 0) is 31.5 Å². The maximum absolute atomic E-state index is 12.4. The number of carbonyl (C=O) groups excluding carboxylic acids is 2. The molecule has 0 aliphatic carbocycles. The zero-order chi connectivity index (χ0) is 15.8. The summed E-state index contributed by atoms with van der Waals surface area (Å²) in [6.45, 7) is 4.97. The summed E-state index contributed by atoms with van der Waals surface area (Å²) in [6, 6.07) is 5.25. The smallest absolute Gasteiger partial charge is 0.319 e. The molecule has 1 aromatic carbocycles.